The predicted molar refractivity (Wildman–Crippen MR) is 131 cm³/mol. The van der Waals surface area contributed by atoms with Crippen molar-refractivity contribution in [2.75, 3.05) is 12.9 Å². The third kappa shape index (κ3) is 5.94. The van der Waals surface area contributed by atoms with Crippen molar-refractivity contribution in [1.82, 2.24) is 20.1 Å². The Kier molecular flexibility index (Phi) is 7.65. The monoisotopic (exact) mass is 478 g/mol. The molecular weight excluding hydrogens is 456 g/mol. The van der Waals surface area contributed by atoms with E-state index in [1.165, 1.54) is 11.8 Å². The lowest BCUT2D eigenvalue weighted by atomic mass is 10.1. The minimum atomic E-state index is -0.0961. The number of ether oxygens (including phenoxy) is 1. The van der Waals surface area contributed by atoms with Crippen molar-refractivity contribution < 1.29 is 9.53 Å². The first-order valence-electron chi connectivity index (χ1n) is 10.4. The Morgan fingerprint density at radius 2 is 1.73 bits per heavy atom. The maximum atomic E-state index is 12.5. The van der Waals surface area contributed by atoms with E-state index >= 15 is 0 Å². The van der Waals surface area contributed by atoms with Crippen molar-refractivity contribution in [2.24, 2.45) is 0 Å². The topological polar surface area (TPSA) is 69.0 Å². The van der Waals surface area contributed by atoms with E-state index in [4.69, 9.17) is 16.3 Å². The molecule has 8 heteroatoms. The summed E-state index contributed by atoms with van der Waals surface area (Å²) in [6.45, 7) is 0.395. The molecule has 0 radical (unpaired) electrons. The third-order valence-corrected chi connectivity index (χ3v) is 6.17. The van der Waals surface area contributed by atoms with Gasteiger partial charge in [-0.15, -0.1) is 10.2 Å². The Hall–Kier alpha value is -3.29. The van der Waals surface area contributed by atoms with Crippen LogP contribution in [0.3, 0.4) is 0 Å². The summed E-state index contributed by atoms with van der Waals surface area (Å²) in [5.74, 6) is 1.66. The highest BCUT2D eigenvalue weighted by Crippen LogP contribution is 2.25. The summed E-state index contributed by atoms with van der Waals surface area (Å²) in [4.78, 5) is 12.5. The largest absolute Gasteiger partial charge is 0.496 e. The van der Waals surface area contributed by atoms with Crippen molar-refractivity contribution in [3.63, 3.8) is 0 Å². The van der Waals surface area contributed by atoms with Gasteiger partial charge in [0.15, 0.2) is 5.16 Å². The molecule has 0 atom stereocenters. The van der Waals surface area contributed by atoms with Gasteiger partial charge in [-0.2, -0.15) is 0 Å². The quantitative estimate of drug-likeness (QED) is 0.345. The zero-order valence-electron chi connectivity index (χ0n) is 18.1. The molecule has 0 unspecified atom stereocenters. The van der Waals surface area contributed by atoms with Crippen molar-refractivity contribution >= 4 is 29.3 Å². The molecule has 0 aliphatic heterocycles. The fraction of sp³-hybridized carbons (Fsp3) is 0.160. The molecule has 0 saturated heterocycles. The molecule has 4 rings (SSSR count). The van der Waals surface area contributed by atoms with Gasteiger partial charge in [0.1, 0.15) is 11.6 Å². The number of carbonyl (C=O) groups is 1. The second-order valence-electron chi connectivity index (χ2n) is 7.25. The molecule has 33 heavy (non-hydrogen) atoms. The van der Waals surface area contributed by atoms with Crippen LogP contribution in [0.5, 0.6) is 5.75 Å². The van der Waals surface area contributed by atoms with Gasteiger partial charge >= 0.3 is 0 Å². The van der Waals surface area contributed by atoms with Crippen LogP contribution in [0.1, 0.15) is 17.0 Å². The summed E-state index contributed by atoms with van der Waals surface area (Å²) in [5.41, 5.74) is 2.95. The highest BCUT2D eigenvalue weighted by Gasteiger charge is 2.16. The number of thioether (sulfide) groups is 1. The number of nitrogens with one attached hydrogen (secondary N) is 1. The van der Waals surface area contributed by atoms with Crippen LogP contribution in [0.2, 0.25) is 5.02 Å². The van der Waals surface area contributed by atoms with Crippen molar-refractivity contribution in [2.45, 2.75) is 18.1 Å². The Morgan fingerprint density at radius 3 is 2.48 bits per heavy atom. The lowest BCUT2D eigenvalue weighted by Gasteiger charge is -2.11. The normalized spacial score (nSPS) is 10.7. The molecule has 168 valence electrons. The predicted octanol–water partition coefficient (Wildman–Crippen LogP) is 4.93. The molecule has 6 nitrogen and oxygen atoms in total. The number of para-hydroxylation sites is 1. The third-order valence-electron chi connectivity index (χ3n) is 4.99. The van der Waals surface area contributed by atoms with E-state index in [9.17, 15) is 4.79 Å². The Balaban J connectivity index is 1.48. The average molecular weight is 479 g/mol. The molecule has 1 aromatic heterocycles. The van der Waals surface area contributed by atoms with Gasteiger partial charge in [-0.05, 0) is 35.9 Å². The first-order valence-corrected chi connectivity index (χ1v) is 11.8. The lowest BCUT2D eigenvalue weighted by Crippen LogP contribution is -2.25. The van der Waals surface area contributed by atoms with Gasteiger partial charge in [-0.3, -0.25) is 9.36 Å². The first kappa shape index (κ1) is 22.9. The number of carbonyl (C=O) groups excluding carboxylic acids is 1. The van der Waals surface area contributed by atoms with E-state index in [0.717, 1.165) is 28.4 Å². The summed E-state index contributed by atoms with van der Waals surface area (Å²) >= 11 is 7.43. The number of hydrogen-bond donors (Lipinski definition) is 1. The van der Waals surface area contributed by atoms with Gasteiger partial charge in [-0.25, -0.2) is 0 Å². The van der Waals surface area contributed by atoms with Crippen LogP contribution in [0.15, 0.2) is 84.0 Å². The molecule has 0 bridgehead atoms. The molecule has 0 spiro atoms. The van der Waals surface area contributed by atoms with Crippen LogP contribution in [0, 0.1) is 0 Å². The lowest BCUT2D eigenvalue weighted by molar-refractivity contribution is -0.118. The number of benzene rings is 3. The van der Waals surface area contributed by atoms with E-state index < -0.39 is 0 Å². The van der Waals surface area contributed by atoms with Gasteiger partial charge in [0.2, 0.25) is 5.91 Å². The molecule has 1 amide bonds. The smallest absolute Gasteiger partial charge is 0.230 e. The first-order chi connectivity index (χ1) is 16.1. The van der Waals surface area contributed by atoms with Gasteiger partial charge in [0.25, 0.3) is 0 Å². The molecule has 0 fully saturated rings. The van der Waals surface area contributed by atoms with Crippen molar-refractivity contribution in [1.29, 1.82) is 0 Å². The molecule has 0 saturated carbocycles. The molecule has 0 aliphatic rings. The van der Waals surface area contributed by atoms with Crippen LogP contribution in [-0.4, -0.2) is 33.5 Å². The van der Waals surface area contributed by atoms with E-state index in [1.807, 2.05) is 71.3 Å². The second-order valence-corrected chi connectivity index (χ2v) is 8.63. The Morgan fingerprint density at radius 1 is 1.00 bits per heavy atom. The molecule has 0 aliphatic carbocycles. The van der Waals surface area contributed by atoms with Crippen LogP contribution < -0.4 is 10.1 Å². The standard InChI is InChI=1S/C25H23ClN4O2S/c1-32-22-10-6-5-9-19(22)16-27-24(31)17-33-25-29-28-23(15-18-7-3-2-4-8-18)30(25)21-13-11-20(26)12-14-21/h2-14H,15-17H2,1H3,(H,27,31). The van der Waals surface area contributed by atoms with Crippen LogP contribution in [0.4, 0.5) is 0 Å². The van der Waals surface area contributed by atoms with Crippen LogP contribution >= 0.6 is 23.4 Å². The van der Waals surface area contributed by atoms with Crippen LogP contribution in [0.25, 0.3) is 5.69 Å². The minimum absolute atomic E-state index is 0.0961. The molecule has 1 heterocycles. The minimum Gasteiger partial charge on any atom is -0.496 e. The van der Waals surface area contributed by atoms with Gasteiger partial charge in [0, 0.05) is 29.2 Å². The van der Waals surface area contributed by atoms with Crippen molar-refractivity contribution in [3.8, 4) is 11.4 Å². The number of halogens is 1. The zero-order valence-corrected chi connectivity index (χ0v) is 19.6. The fourth-order valence-corrected chi connectivity index (χ4v) is 4.29. The highest BCUT2D eigenvalue weighted by molar-refractivity contribution is 7.99. The van der Waals surface area contributed by atoms with E-state index in [0.29, 0.717) is 23.1 Å². The van der Waals surface area contributed by atoms with E-state index in [2.05, 4.69) is 27.6 Å². The Bertz CT molecular complexity index is 1210. The maximum Gasteiger partial charge on any atom is 0.230 e. The summed E-state index contributed by atoms with van der Waals surface area (Å²) in [5, 5.41) is 13.0. The summed E-state index contributed by atoms with van der Waals surface area (Å²) in [6.07, 6.45) is 0.622. The SMILES string of the molecule is COc1ccccc1CNC(=O)CSc1nnc(Cc2ccccc2)n1-c1ccc(Cl)cc1. The van der Waals surface area contributed by atoms with E-state index in [1.54, 1.807) is 7.11 Å². The molecule has 1 N–H and O–H groups in total. The number of aromatic nitrogens is 3. The zero-order chi connectivity index (χ0) is 23.0. The molecular formula is C25H23ClN4O2S. The van der Waals surface area contributed by atoms with Gasteiger partial charge in [0.05, 0.1) is 12.9 Å². The second kappa shape index (κ2) is 11.0. The van der Waals surface area contributed by atoms with Gasteiger partial charge in [-0.1, -0.05) is 71.9 Å². The average Bonchev–Trinajstić information content (AvgIpc) is 3.25. The number of amides is 1. The molecule has 3 aromatic carbocycles. The van der Waals surface area contributed by atoms with E-state index in [-0.39, 0.29) is 11.7 Å². The maximum absolute atomic E-state index is 12.5. The van der Waals surface area contributed by atoms with Gasteiger partial charge < -0.3 is 10.1 Å². The molecule has 4 aromatic rings. The summed E-state index contributed by atoms with van der Waals surface area (Å²) in [6, 6.07) is 25.2. The fourth-order valence-electron chi connectivity index (χ4n) is 3.36. The number of methoxy groups -OCH3 is 1. The summed E-state index contributed by atoms with van der Waals surface area (Å²) in [7, 11) is 1.62. The highest BCUT2D eigenvalue weighted by atomic mass is 35.5. The number of rotatable bonds is 9. The number of nitrogens with zero attached hydrogens (tertiary/aromatic N) is 3. The summed E-state index contributed by atoms with van der Waals surface area (Å²) < 4.78 is 7.32. The van der Waals surface area contributed by atoms with Crippen LogP contribution in [-0.2, 0) is 17.8 Å². The Labute approximate surface area is 202 Å². The number of hydrogen-bond acceptors (Lipinski definition) is 5. The van der Waals surface area contributed by atoms with Crippen molar-refractivity contribution in [3.05, 3.63) is 101 Å².